The van der Waals surface area contributed by atoms with Gasteiger partial charge in [0.25, 0.3) is 0 Å². The van der Waals surface area contributed by atoms with Crippen LogP contribution < -0.4 is 15.4 Å². The Balaban J connectivity index is 1.89. The molecule has 1 heterocycles. The second kappa shape index (κ2) is 7.26. The highest BCUT2D eigenvalue weighted by molar-refractivity contribution is 5.77. The summed E-state index contributed by atoms with van der Waals surface area (Å²) in [6, 6.07) is 7.74. The van der Waals surface area contributed by atoms with E-state index in [9.17, 15) is 4.79 Å². The summed E-state index contributed by atoms with van der Waals surface area (Å²) in [6.07, 6.45) is 0.430. The molecule has 2 N–H and O–H groups in total. The van der Waals surface area contributed by atoms with Crippen molar-refractivity contribution in [2.24, 2.45) is 0 Å². The summed E-state index contributed by atoms with van der Waals surface area (Å²) in [5.74, 6) is 0.811. The average Bonchev–Trinajstić information content (AvgIpc) is 2.48. The first kappa shape index (κ1) is 14.8. The molecule has 0 radical (unpaired) electrons. The van der Waals surface area contributed by atoms with Crippen molar-refractivity contribution in [2.45, 2.75) is 25.4 Å². The van der Waals surface area contributed by atoms with Gasteiger partial charge in [0.15, 0.2) is 0 Å². The summed E-state index contributed by atoms with van der Waals surface area (Å²) in [6.45, 7) is 4.08. The lowest BCUT2D eigenvalue weighted by molar-refractivity contribution is -0.122. The standard InChI is InChI=1S/C15H22N2O3/c1-11(13-5-3-4-6-14(13)19-2)17-15(18)9-12-10-20-8-7-16-12/h3-6,11-12,16H,7-10H2,1-2H3,(H,17,18)/t11-,12?/m0/s1. The van der Waals surface area contributed by atoms with Gasteiger partial charge in [0, 0.05) is 24.6 Å². The topological polar surface area (TPSA) is 59.6 Å². The fraction of sp³-hybridized carbons (Fsp3) is 0.533. The molecule has 0 aliphatic carbocycles. The van der Waals surface area contributed by atoms with Crippen molar-refractivity contribution >= 4 is 5.91 Å². The van der Waals surface area contributed by atoms with Gasteiger partial charge in [-0.25, -0.2) is 0 Å². The van der Waals surface area contributed by atoms with Crippen LogP contribution in [0.3, 0.4) is 0 Å². The summed E-state index contributed by atoms with van der Waals surface area (Å²) >= 11 is 0. The molecular weight excluding hydrogens is 256 g/mol. The molecule has 20 heavy (non-hydrogen) atoms. The highest BCUT2D eigenvalue weighted by Crippen LogP contribution is 2.24. The average molecular weight is 278 g/mol. The molecule has 1 aliphatic rings. The summed E-state index contributed by atoms with van der Waals surface area (Å²) in [7, 11) is 1.64. The van der Waals surface area contributed by atoms with Crippen LogP contribution in [0.15, 0.2) is 24.3 Å². The number of morpholine rings is 1. The summed E-state index contributed by atoms with van der Waals surface area (Å²) in [5.41, 5.74) is 0.983. The molecular formula is C15H22N2O3. The lowest BCUT2D eigenvalue weighted by atomic mass is 10.1. The molecule has 2 atom stereocenters. The van der Waals surface area contributed by atoms with Crippen molar-refractivity contribution < 1.29 is 14.3 Å². The minimum Gasteiger partial charge on any atom is -0.496 e. The summed E-state index contributed by atoms with van der Waals surface area (Å²) < 4.78 is 10.7. The van der Waals surface area contributed by atoms with Gasteiger partial charge in [-0.05, 0) is 13.0 Å². The minimum absolute atomic E-state index is 0.0198. The van der Waals surface area contributed by atoms with Crippen LogP contribution in [-0.2, 0) is 9.53 Å². The maximum atomic E-state index is 12.0. The van der Waals surface area contributed by atoms with E-state index in [1.54, 1.807) is 7.11 Å². The van der Waals surface area contributed by atoms with Crippen LogP contribution in [0.1, 0.15) is 24.9 Å². The maximum absolute atomic E-state index is 12.0. The van der Waals surface area contributed by atoms with Gasteiger partial charge in [0.05, 0.1) is 26.4 Å². The lowest BCUT2D eigenvalue weighted by Gasteiger charge is -2.24. The van der Waals surface area contributed by atoms with E-state index in [4.69, 9.17) is 9.47 Å². The highest BCUT2D eigenvalue weighted by atomic mass is 16.5. The van der Waals surface area contributed by atoms with E-state index in [-0.39, 0.29) is 18.0 Å². The van der Waals surface area contributed by atoms with Crippen LogP contribution in [0.5, 0.6) is 5.75 Å². The van der Waals surface area contributed by atoms with Crippen LogP contribution in [-0.4, -0.2) is 38.8 Å². The van der Waals surface area contributed by atoms with E-state index in [1.165, 1.54) is 0 Å². The fourth-order valence-electron chi connectivity index (χ4n) is 2.38. The molecule has 5 nitrogen and oxygen atoms in total. The predicted octanol–water partition coefficient (Wildman–Crippen LogP) is 1.25. The molecule has 1 aromatic rings. The molecule has 1 aromatic carbocycles. The number of benzene rings is 1. The molecule has 1 fully saturated rings. The number of amides is 1. The maximum Gasteiger partial charge on any atom is 0.222 e. The summed E-state index contributed by atoms with van der Waals surface area (Å²) in [4.78, 5) is 12.0. The lowest BCUT2D eigenvalue weighted by Crippen LogP contribution is -2.44. The zero-order valence-electron chi connectivity index (χ0n) is 12.0. The summed E-state index contributed by atoms with van der Waals surface area (Å²) in [5, 5.41) is 6.28. The van der Waals surface area contributed by atoms with Crippen molar-refractivity contribution in [3.05, 3.63) is 29.8 Å². The fourth-order valence-corrected chi connectivity index (χ4v) is 2.38. The molecule has 0 bridgehead atoms. The number of para-hydroxylation sites is 1. The van der Waals surface area contributed by atoms with Crippen LogP contribution >= 0.6 is 0 Å². The van der Waals surface area contributed by atoms with Crippen molar-refractivity contribution in [3.8, 4) is 5.75 Å². The number of hydrogen-bond acceptors (Lipinski definition) is 4. The van der Waals surface area contributed by atoms with E-state index < -0.39 is 0 Å². The van der Waals surface area contributed by atoms with Gasteiger partial charge in [-0.15, -0.1) is 0 Å². The monoisotopic (exact) mass is 278 g/mol. The first-order valence-electron chi connectivity index (χ1n) is 6.94. The van der Waals surface area contributed by atoms with Gasteiger partial charge in [0.1, 0.15) is 5.75 Å². The molecule has 1 saturated heterocycles. The van der Waals surface area contributed by atoms with E-state index in [0.29, 0.717) is 13.0 Å². The Morgan fingerprint density at radius 2 is 2.35 bits per heavy atom. The molecule has 2 rings (SSSR count). The van der Waals surface area contributed by atoms with E-state index in [0.717, 1.165) is 24.5 Å². The quantitative estimate of drug-likeness (QED) is 0.851. The number of carbonyl (C=O) groups excluding carboxylic acids is 1. The Kier molecular flexibility index (Phi) is 5.38. The Morgan fingerprint density at radius 1 is 1.55 bits per heavy atom. The van der Waals surface area contributed by atoms with Crippen molar-refractivity contribution in [1.29, 1.82) is 0 Å². The number of nitrogens with one attached hydrogen (secondary N) is 2. The zero-order chi connectivity index (χ0) is 14.4. The first-order chi connectivity index (χ1) is 9.70. The predicted molar refractivity (Wildman–Crippen MR) is 76.8 cm³/mol. The zero-order valence-corrected chi connectivity index (χ0v) is 12.0. The third-order valence-corrected chi connectivity index (χ3v) is 3.41. The van der Waals surface area contributed by atoms with E-state index >= 15 is 0 Å². The Labute approximate surface area is 119 Å². The highest BCUT2D eigenvalue weighted by Gasteiger charge is 2.19. The molecule has 5 heteroatoms. The number of methoxy groups -OCH3 is 1. The van der Waals surface area contributed by atoms with Crippen LogP contribution in [0.4, 0.5) is 0 Å². The largest absolute Gasteiger partial charge is 0.496 e. The van der Waals surface area contributed by atoms with Crippen molar-refractivity contribution in [2.75, 3.05) is 26.9 Å². The third kappa shape index (κ3) is 3.95. The van der Waals surface area contributed by atoms with Crippen LogP contribution in [0.2, 0.25) is 0 Å². The molecule has 1 aliphatic heterocycles. The van der Waals surface area contributed by atoms with Crippen molar-refractivity contribution in [3.63, 3.8) is 0 Å². The molecule has 0 saturated carbocycles. The van der Waals surface area contributed by atoms with Crippen LogP contribution in [0.25, 0.3) is 0 Å². The van der Waals surface area contributed by atoms with E-state index in [2.05, 4.69) is 10.6 Å². The van der Waals surface area contributed by atoms with Gasteiger partial charge >= 0.3 is 0 Å². The number of rotatable bonds is 5. The minimum atomic E-state index is -0.0804. The normalized spacial score (nSPS) is 20.2. The SMILES string of the molecule is COc1ccccc1[C@H](C)NC(=O)CC1COCCN1. The number of carbonyl (C=O) groups is 1. The van der Waals surface area contributed by atoms with Gasteiger partial charge < -0.3 is 20.1 Å². The van der Waals surface area contributed by atoms with Gasteiger partial charge in [-0.2, -0.15) is 0 Å². The second-order valence-corrected chi connectivity index (χ2v) is 4.96. The molecule has 1 unspecified atom stereocenters. The number of hydrogen-bond donors (Lipinski definition) is 2. The van der Waals surface area contributed by atoms with Gasteiger partial charge in [-0.3, -0.25) is 4.79 Å². The Hall–Kier alpha value is -1.59. The smallest absolute Gasteiger partial charge is 0.222 e. The van der Waals surface area contributed by atoms with Gasteiger partial charge in [-0.1, -0.05) is 18.2 Å². The first-order valence-corrected chi connectivity index (χ1v) is 6.94. The number of ether oxygens (including phenoxy) is 2. The Morgan fingerprint density at radius 3 is 3.05 bits per heavy atom. The second-order valence-electron chi connectivity index (χ2n) is 4.96. The molecule has 1 amide bonds. The van der Waals surface area contributed by atoms with Crippen LogP contribution in [0, 0.1) is 0 Å². The van der Waals surface area contributed by atoms with E-state index in [1.807, 2.05) is 31.2 Å². The van der Waals surface area contributed by atoms with Gasteiger partial charge in [0.2, 0.25) is 5.91 Å². The third-order valence-electron chi connectivity index (χ3n) is 3.41. The molecule has 0 spiro atoms. The molecule has 110 valence electrons. The Bertz CT molecular complexity index is 444. The molecule has 0 aromatic heterocycles. The van der Waals surface area contributed by atoms with Crippen molar-refractivity contribution in [1.82, 2.24) is 10.6 Å².